The molecule has 4 rings (SSSR count). The molecule has 1 aromatic heterocycles. The first kappa shape index (κ1) is 16.8. The van der Waals surface area contributed by atoms with Crippen molar-refractivity contribution in [2.24, 2.45) is 0 Å². The van der Waals surface area contributed by atoms with Crippen LogP contribution in [0.5, 0.6) is 0 Å². The minimum Gasteiger partial charge on any atom is -0.388 e. The number of carbonyl (C=O) groups excluding carboxylic acids is 1. The molecular weight excluding hydrogens is 326 g/mol. The number of fused-ring (bicyclic) bond motifs is 2. The van der Waals surface area contributed by atoms with Crippen molar-refractivity contribution in [3.05, 3.63) is 65.5 Å². The fourth-order valence-electron chi connectivity index (χ4n) is 3.82. The van der Waals surface area contributed by atoms with E-state index < -0.39 is 5.60 Å². The lowest BCUT2D eigenvalue weighted by Gasteiger charge is -2.38. The Balaban J connectivity index is 1.71. The predicted molar refractivity (Wildman–Crippen MR) is 101 cm³/mol. The van der Waals surface area contributed by atoms with E-state index in [1.807, 2.05) is 35.2 Å². The molecule has 1 aliphatic heterocycles. The average molecular weight is 349 g/mol. The van der Waals surface area contributed by atoms with Crippen LogP contribution in [0.15, 0.2) is 48.8 Å². The van der Waals surface area contributed by atoms with E-state index in [-0.39, 0.29) is 11.9 Å². The van der Waals surface area contributed by atoms with Crippen LogP contribution < -0.4 is 0 Å². The van der Waals surface area contributed by atoms with Crippen LogP contribution in [-0.4, -0.2) is 44.1 Å². The number of imidazole rings is 1. The molecule has 1 unspecified atom stereocenters. The van der Waals surface area contributed by atoms with Gasteiger partial charge in [-0.05, 0) is 56.0 Å². The van der Waals surface area contributed by atoms with Crippen molar-refractivity contribution < 1.29 is 9.90 Å². The molecular formula is C21H23N3O2. The maximum absolute atomic E-state index is 13.3. The molecule has 0 aliphatic carbocycles. The molecule has 134 valence electrons. The normalized spacial score (nSPS) is 17.8. The maximum Gasteiger partial charge on any atom is 0.254 e. The van der Waals surface area contributed by atoms with Crippen molar-refractivity contribution >= 4 is 16.9 Å². The highest BCUT2D eigenvalue weighted by Gasteiger charge is 2.37. The number of amides is 1. The molecule has 2 N–H and O–H groups in total. The third kappa shape index (κ3) is 2.99. The van der Waals surface area contributed by atoms with E-state index in [0.29, 0.717) is 18.5 Å². The number of benzene rings is 2. The highest BCUT2D eigenvalue weighted by molar-refractivity contribution is 5.97. The molecule has 5 nitrogen and oxygen atoms in total. The van der Waals surface area contributed by atoms with Gasteiger partial charge in [0.15, 0.2) is 0 Å². The summed E-state index contributed by atoms with van der Waals surface area (Å²) in [7, 11) is 0. The van der Waals surface area contributed by atoms with Crippen LogP contribution >= 0.6 is 0 Å². The van der Waals surface area contributed by atoms with Crippen LogP contribution in [0.1, 0.15) is 35.3 Å². The second-order valence-electron chi connectivity index (χ2n) is 7.53. The standard InChI is InChI=1S/C21H23N3O2/c1-21(2,26)19-12-15-6-4-3-5-14(15)9-10-24(19)20(25)16-7-8-17-18(11-16)23-13-22-17/h3-8,11,13,19,26H,9-10,12H2,1-2H3,(H,22,23). The Bertz CT molecular complexity index is 955. The number of rotatable bonds is 2. The summed E-state index contributed by atoms with van der Waals surface area (Å²) in [5.41, 5.74) is 3.75. The fraction of sp³-hybridized carbons (Fsp3) is 0.333. The van der Waals surface area contributed by atoms with Gasteiger partial charge in [0.1, 0.15) is 0 Å². The molecule has 0 bridgehead atoms. The van der Waals surface area contributed by atoms with Gasteiger partial charge >= 0.3 is 0 Å². The molecule has 1 atom stereocenters. The first-order valence-electron chi connectivity index (χ1n) is 8.97. The lowest BCUT2D eigenvalue weighted by molar-refractivity contribution is -0.0122. The Labute approximate surface area is 152 Å². The molecule has 1 amide bonds. The fourth-order valence-corrected chi connectivity index (χ4v) is 3.82. The molecule has 2 aromatic carbocycles. The van der Waals surface area contributed by atoms with E-state index in [1.54, 1.807) is 20.2 Å². The molecule has 0 fully saturated rings. The van der Waals surface area contributed by atoms with Gasteiger partial charge in [-0.25, -0.2) is 4.98 Å². The molecule has 1 aliphatic rings. The van der Waals surface area contributed by atoms with Gasteiger partial charge in [-0.2, -0.15) is 0 Å². The largest absolute Gasteiger partial charge is 0.388 e. The molecule has 3 aromatic rings. The molecule has 0 spiro atoms. The summed E-state index contributed by atoms with van der Waals surface area (Å²) in [5.74, 6) is -0.0542. The van der Waals surface area contributed by atoms with Gasteiger partial charge in [0.2, 0.25) is 0 Å². The van der Waals surface area contributed by atoms with Crippen LogP contribution in [0.25, 0.3) is 11.0 Å². The number of hydrogen-bond acceptors (Lipinski definition) is 3. The van der Waals surface area contributed by atoms with Crippen LogP contribution in [0, 0.1) is 0 Å². The minimum absolute atomic E-state index is 0.0542. The molecule has 0 saturated heterocycles. The predicted octanol–water partition coefficient (Wildman–Crippen LogP) is 2.94. The van der Waals surface area contributed by atoms with E-state index >= 15 is 0 Å². The lowest BCUT2D eigenvalue weighted by atomic mass is 9.90. The quantitative estimate of drug-likeness (QED) is 0.747. The summed E-state index contributed by atoms with van der Waals surface area (Å²) in [6, 6.07) is 13.5. The van der Waals surface area contributed by atoms with E-state index in [2.05, 4.69) is 22.1 Å². The van der Waals surface area contributed by atoms with E-state index in [0.717, 1.165) is 17.5 Å². The van der Waals surface area contributed by atoms with Crippen LogP contribution in [0.4, 0.5) is 0 Å². The Hall–Kier alpha value is -2.66. The van der Waals surface area contributed by atoms with Gasteiger partial charge in [0.25, 0.3) is 5.91 Å². The molecule has 0 radical (unpaired) electrons. The van der Waals surface area contributed by atoms with Gasteiger partial charge in [0, 0.05) is 12.1 Å². The first-order chi connectivity index (χ1) is 12.4. The number of H-pyrrole nitrogens is 1. The third-order valence-electron chi connectivity index (χ3n) is 5.27. The minimum atomic E-state index is -0.995. The van der Waals surface area contributed by atoms with Gasteiger partial charge in [-0.3, -0.25) is 4.79 Å². The summed E-state index contributed by atoms with van der Waals surface area (Å²) in [5, 5.41) is 10.8. The van der Waals surface area contributed by atoms with Gasteiger partial charge < -0.3 is 15.0 Å². The first-order valence-corrected chi connectivity index (χ1v) is 8.97. The second kappa shape index (κ2) is 6.25. The molecule has 2 heterocycles. The number of nitrogens with one attached hydrogen (secondary N) is 1. The number of aliphatic hydroxyl groups is 1. The number of hydrogen-bond donors (Lipinski definition) is 2. The zero-order valence-corrected chi connectivity index (χ0v) is 15.1. The van der Waals surface area contributed by atoms with Gasteiger partial charge in [-0.15, -0.1) is 0 Å². The Morgan fingerprint density at radius 3 is 2.77 bits per heavy atom. The van der Waals surface area contributed by atoms with Crippen molar-refractivity contribution in [3.63, 3.8) is 0 Å². The summed E-state index contributed by atoms with van der Waals surface area (Å²) in [6.45, 7) is 4.15. The topological polar surface area (TPSA) is 69.2 Å². The number of nitrogens with zero attached hydrogens (tertiary/aromatic N) is 2. The Kier molecular flexibility index (Phi) is 4.04. The lowest BCUT2D eigenvalue weighted by Crippen LogP contribution is -2.53. The maximum atomic E-state index is 13.3. The monoisotopic (exact) mass is 349 g/mol. The highest BCUT2D eigenvalue weighted by atomic mass is 16.3. The van der Waals surface area contributed by atoms with Crippen molar-refractivity contribution in [2.75, 3.05) is 6.54 Å². The third-order valence-corrected chi connectivity index (χ3v) is 5.27. The van der Waals surface area contributed by atoms with E-state index in [9.17, 15) is 9.90 Å². The molecule has 5 heteroatoms. The van der Waals surface area contributed by atoms with Crippen molar-refractivity contribution in [1.29, 1.82) is 0 Å². The molecule has 26 heavy (non-hydrogen) atoms. The Morgan fingerprint density at radius 2 is 2.00 bits per heavy atom. The van der Waals surface area contributed by atoms with E-state index in [4.69, 9.17) is 0 Å². The molecule has 0 saturated carbocycles. The second-order valence-corrected chi connectivity index (χ2v) is 7.53. The van der Waals surface area contributed by atoms with Crippen LogP contribution in [0.3, 0.4) is 0 Å². The van der Waals surface area contributed by atoms with Gasteiger partial charge in [-0.1, -0.05) is 24.3 Å². The Morgan fingerprint density at radius 1 is 1.23 bits per heavy atom. The highest BCUT2D eigenvalue weighted by Crippen LogP contribution is 2.28. The number of aromatic nitrogens is 2. The average Bonchev–Trinajstić information content (AvgIpc) is 2.99. The SMILES string of the molecule is CC(C)(O)C1Cc2ccccc2CCN1C(=O)c1ccc2nc[nH]c2c1. The summed E-state index contributed by atoms with van der Waals surface area (Å²) < 4.78 is 0. The number of aromatic amines is 1. The van der Waals surface area contributed by atoms with Crippen molar-refractivity contribution in [3.8, 4) is 0 Å². The van der Waals surface area contributed by atoms with Gasteiger partial charge in [0.05, 0.1) is 29.0 Å². The smallest absolute Gasteiger partial charge is 0.254 e. The van der Waals surface area contributed by atoms with E-state index in [1.165, 1.54) is 11.1 Å². The van der Waals surface area contributed by atoms with Crippen molar-refractivity contribution in [2.45, 2.75) is 38.3 Å². The van der Waals surface area contributed by atoms with Crippen molar-refractivity contribution in [1.82, 2.24) is 14.9 Å². The zero-order chi connectivity index (χ0) is 18.3. The van der Waals surface area contributed by atoms with Crippen LogP contribution in [-0.2, 0) is 12.8 Å². The summed E-state index contributed by atoms with van der Waals surface area (Å²) in [4.78, 5) is 22.4. The summed E-state index contributed by atoms with van der Waals surface area (Å²) >= 11 is 0. The van der Waals surface area contributed by atoms with Crippen LogP contribution in [0.2, 0.25) is 0 Å². The zero-order valence-electron chi connectivity index (χ0n) is 15.1. The number of carbonyl (C=O) groups is 1. The summed E-state index contributed by atoms with van der Waals surface area (Å²) in [6.07, 6.45) is 3.07.